The van der Waals surface area contributed by atoms with Gasteiger partial charge in [0, 0.05) is 13.1 Å². The molecule has 0 saturated heterocycles. The monoisotopic (exact) mass is 322 g/mol. The third-order valence-corrected chi connectivity index (χ3v) is 5.66. The van der Waals surface area contributed by atoms with Crippen LogP contribution in [0.2, 0.25) is 0 Å². The fourth-order valence-electron chi connectivity index (χ4n) is 1.24. The maximum absolute atomic E-state index is 12.1. The van der Waals surface area contributed by atoms with Crippen molar-refractivity contribution >= 4 is 38.0 Å². The van der Waals surface area contributed by atoms with Crippen molar-refractivity contribution in [2.45, 2.75) is 23.6 Å². The normalized spacial score (nSPS) is 12.2. The first kappa shape index (κ1) is 16.3. The Morgan fingerprint density at radius 1 is 1.50 bits per heavy atom. The molecule has 0 bridgehead atoms. The van der Waals surface area contributed by atoms with Gasteiger partial charge >= 0.3 is 5.69 Å². The third-order valence-electron chi connectivity index (χ3n) is 2.38. The van der Waals surface area contributed by atoms with Gasteiger partial charge in [-0.2, -0.15) is 4.72 Å². The standard InChI is InChI=1S/C9H14N4O5S2/c1-9(2,8(10)14)12-20(17,18)6-4-5(13(15)16)7(11-3)19-6/h4,11-12H,1-3H3,(H2,10,14). The molecule has 0 aliphatic heterocycles. The molecule has 0 aliphatic carbocycles. The molecule has 1 aromatic heterocycles. The number of thiophene rings is 1. The summed E-state index contributed by atoms with van der Waals surface area (Å²) in [6.45, 7) is 2.60. The molecule has 20 heavy (non-hydrogen) atoms. The molecule has 112 valence electrons. The molecule has 0 aromatic carbocycles. The van der Waals surface area contributed by atoms with Crippen LogP contribution in [0.3, 0.4) is 0 Å². The summed E-state index contributed by atoms with van der Waals surface area (Å²) in [5.41, 5.74) is 3.23. The molecule has 1 rings (SSSR count). The molecule has 9 nitrogen and oxygen atoms in total. The van der Waals surface area contributed by atoms with Crippen molar-refractivity contribution in [2.75, 3.05) is 12.4 Å². The molecule has 1 heterocycles. The van der Waals surface area contributed by atoms with Crippen molar-refractivity contribution < 1.29 is 18.1 Å². The number of primary amides is 1. The van der Waals surface area contributed by atoms with Crippen LogP contribution in [0.4, 0.5) is 10.7 Å². The van der Waals surface area contributed by atoms with E-state index in [1.165, 1.54) is 20.9 Å². The van der Waals surface area contributed by atoms with E-state index < -0.39 is 26.4 Å². The van der Waals surface area contributed by atoms with Crippen molar-refractivity contribution in [3.63, 3.8) is 0 Å². The van der Waals surface area contributed by atoms with Crippen LogP contribution in [0, 0.1) is 10.1 Å². The minimum atomic E-state index is -4.09. The van der Waals surface area contributed by atoms with Crippen molar-refractivity contribution in [1.82, 2.24) is 4.72 Å². The molecule has 0 spiro atoms. The molecule has 0 saturated carbocycles. The van der Waals surface area contributed by atoms with Gasteiger partial charge in [0.25, 0.3) is 10.0 Å². The van der Waals surface area contributed by atoms with Crippen molar-refractivity contribution in [2.24, 2.45) is 5.73 Å². The van der Waals surface area contributed by atoms with Gasteiger partial charge in [-0.1, -0.05) is 11.3 Å². The van der Waals surface area contributed by atoms with Gasteiger partial charge in [0.15, 0.2) is 5.00 Å². The average Bonchev–Trinajstić information content (AvgIpc) is 2.71. The lowest BCUT2D eigenvalue weighted by atomic mass is 10.1. The highest BCUT2D eigenvalue weighted by atomic mass is 32.2. The number of carbonyl (C=O) groups is 1. The number of nitrogens with one attached hydrogen (secondary N) is 2. The summed E-state index contributed by atoms with van der Waals surface area (Å²) in [5, 5.41) is 13.4. The predicted molar refractivity (Wildman–Crippen MR) is 74.1 cm³/mol. The van der Waals surface area contributed by atoms with Gasteiger partial charge in [-0.3, -0.25) is 14.9 Å². The Morgan fingerprint density at radius 2 is 2.05 bits per heavy atom. The van der Waals surface area contributed by atoms with Crippen LogP contribution in [0.1, 0.15) is 13.8 Å². The minimum absolute atomic E-state index is 0.104. The Kier molecular flexibility index (Phi) is 4.36. The molecular weight excluding hydrogens is 308 g/mol. The maximum Gasteiger partial charge on any atom is 0.304 e. The van der Waals surface area contributed by atoms with Gasteiger partial charge in [-0.15, -0.1) is 0 Å². The number of nitrogens with two attached hydrogens (primary N) is 1. The lowest BCUT2D eigenvalue weighted by Gasteiger charge is -2.21. The number of amides is 1. The Morgan fingerprint density at radius 3 is 2.40 bits per heavy atom. The molecule has 4 N–H and O–H groups in total. The van der Waals surface area contributed by atoms with Crippen LogP contribution in [0.5, 0.6) is 0 Å². The van der Waals surface area contributed by atoms with Gasteiger partial charge in [-0.05, 0) is 13.8 Å². The van der Waals surface area contributed by atoms with Gasteiger partial charge in [0.1, 0.15) is 9.75 Å². The average molecular weight is 322 g/mol. The number of nitro groups is 1. The smallest absolute Gasteiger partial charge is 0.304 e. The molecule has 0 atom stereocenters. The summed E-state index contributed by atoms with van der Waals surface area (Å²) >= 11 is 0.692. The second kappa shape index (κ2) is 5.34. The fourth-order valence-corrected chi connectivity index (χ4v) is 3.91. The van der Waals surface area contributed by atoms with Gasteiger partial charge < -0.3 is 11.1 Å². The van der Waals surface area contributed by atoms with Crippen LogP contribution >= 0.6 is 11.3 Å². The Balaban J connectivity index is 3.24. The summed E-state index contributed by atoms with van der Waals surface area (Å²) in [5.74, 6) is -0.860. The third kappa shape index (κ3) is 3.23. The van der Waals surface area contributed by atoms with E-state index in [1.54, 1.807) is 0 Å². The highest BCUT2D eigenvalue weighted by Crippen LogP contribution is 2.36. The first-order valence-corrected chi connectivity index (χ1v) is 7.61. The van der Waals surface area contributed by atoms with Gasteiger partial charge in [0.2, 0.25) is 5.91 Å². The van der Waals surface area contributed by atoms with Crippen LogP contribution in [0.25, 0.3) is 0 Å². The van der Waals surface area contributed by atoms with Crippen LogP contribution in [-0.2, 0) is 14.8 Å². The van der Waals surface area contributed by atoms with E-state index >= 15 is 0 Å². The number of anilines is 1. The number of rotatable bonds is 6. The Bertz CT molecular complexity index is 649. The maximum atomic E-state index is 12.1. The summed E-state index contributed by atoms with van der Waals surface area (Å²) < 4.78 is 26.0. The fraction of sp³-hybridized carbons (Fsp3) is 0.444. The summed E-state index contributed by atoms with van der Waals surface area (Å²) in [6.07, 6.45) is 0. The van der Waals surface area contributed by atoms with E-state index in [0.717, 1.165) is 6.07 Å². The number of carbonyl (C=O) groups excluding carboxylic acids is 1. The van der Waals surface area contributed by atoms with Crippen LogP contribution in [-0.4, -0.2) is 31.8 Å². The summed E-state index contributed by atoms with van der Waals surface area (Å²) in [7, 11) is -2.64. The number of hydrogen-bond donors (Lipinski definition) is 3. The Hall–Kier alpha value is -1.72. The lowest BCUT2D eigenvalue weighted by molar-refractivity contribution is -0.383. The number of hydrogen-bond acceptors (Lipinski definition) is 7. The second-order valence-corrected chi connectivity index (χ2v) is 7.34. The van der Waals surface area contributed by atoms with E-state index in [4.69, 9.17) is 5.73 Å². The zero-order valence-electron chi connectivity index (χ0n) is 11.0. The molecule has 11 heteroatoms. The van der Waals surface area contributed by atoms with E-state index in [-0.39, 0.29) is 14.9 Å². The molecule has 0 aliphatic rings. The van der Waals surface area contributed by atoms with Crippen molar-refractivity contribution in [1.29, 1.82) is 0 Å². The van der Waals surface area contributed by atoms with Gasteiger partial charge in [0.05, 0.1) is 4.92 Å². The SMILES string of the molecule is CNc1sc(S(=O)(=O)NC(C)(C)C(N)=O)cc1[N+](=O)[O-]. The molecule has 1 aromatic rings. The highest BCUT2D eigenvalue weighted by molar-refractivity contribution is 7.91. The molecular formula is C9H14N4O5S2. The second-order valence-electron chi connectivity index (χ2n) is 4.38. The molecule has 0 unspecified atom stereocenters. The van der Waals surface area contributed by atoms with E-state index in [9.17, 15) is 23.3 Å². The van der Waals surface area contributed by atoms with Crippen LogP contribution in [0.15, 0.2) is 10.3 Å². The predicted octanol–water partition coefficient (Wildman–Crippen LogP) is 0.240. The first-order chi connectivity index (χ1) is 9.01. The quantitative estimate of drug-likeness (QED) is 0.505. The summed E-state index contributed by atoms with van der Waals surface area (Å²) in [4.78, 5) is 21.2. The number of sulfonamides is 1. The first-order valence-electron chi connectivity index (χ1n) is 5.31. The molecule has 0 fully saturated rings. The topological polar surface area (TPSA) is 144 Å². The zero-order chi connectivity index (χ0) is 15.7. The Labute approximate surface area is 119 Å². The van der Waals surface area contributed by atoms with Crippen LogP contribution < -0.4 is 15.8 Å². The molecule has 0 radical (unpaired) electrons. The summed E-state index contributed by atoms with van der Waals surface area (Å²) in [6, 6.07) is 0.926. The lowest BCUT2D eigenvalue weighted by Crippen LogP contribution is -2.52. The van der Waals surface area contributed by atoms with E-state index in [2.05, 4.69) is 10.0 Å². The largest absolute Gasteiger partial charge is 0.374 e. The van der Waals surface area contributed by atoms with Crippen molar-refractivity contribution in [3.8, 4) is 0 Å². The minimum Gasteiger partial charge on any atom is -0.374 e. The highest BCUT2D eigenvalue weighted by Gasteiger charge is 2.34. The van der Waals surface area contributed by atoms with Gasteiger partial charge in [-0.25, -0.2) is 8.42 Å². The van der Waals surface area contributed by atoms with E-state index in [1.807, 2.05) is 0 Å². The van der Waals surface area contributed by atoms with Crippen molar-refractivity contribution in [3.05, 3.63) is 16.2 Å². The number of nitrogens with zero attached hydrogens (tertiary/aromatic N) is 1. The zero-order valence-corrected chi connectivity index (χ0v) is 12.6. The molecule has 1 amide bonds. The van der Waals surface area contributed by atoms with E-state index in [0.29, 0.717) is 11.3 Å².